The van der Waals surface area contributed by atoms with Crippen LogP contribution in [0.4, 0.5) is 40.2 Å². The predicted octanol–water partition coefficient (Wildman–Crippen LogP) is 18.8. The number of para-hydroxylation sites is 1. The predicted molar refractivity (Wildman–Crippen MR) is 332 cm³/mol. The Kier molecular flexibility index (Phi) is 24.2. The lowest BCUT2D eigenvalue weighted by atomic mass is 10.0. The highest BCUT2D eigenvalue weighted by Crippen LogP contribution is 2.33. The van der Waals surface area contributed by atoms with Gasteiger partial charge in [-0.05, 0) is 131 Å². The van der Waals surface area contributed by atoms with Gasteiger partial charge in [-0.1, -0.05) is 139 Å². The Morgan fingerprint density at radius 1 is 0.566 bits per heavy atom. The number of ether oxygens (including phenoxy) is 1. The summed E-state index contributed by atoms with van der Waals surface area (Å²) >= 11 is 10.7. The Morgan fingerprint density at radius 3 is 1.63 bits per heavy atom. The van der Waals surface area contributed by atoms with E-state index >= 15 is 0 Å². The number of pyridine rings is 1. The molecular weight excluding hydrogens is 1270 g/mol. The summed E-state index contributed by atoms with van der Waals surface area (Å²) < 4.78 is 91.8. The van der Waals surface area contributed by atoms with Crippen molar-refractivity contribution in [2.75, 3.05) is 32.1 Å². The molecule has 1 aliphatic heterocycles. The zero-order chi connectivity index (χ0) is 59.9. The molecule has 83 heavy (non-hydrogen) atoms. The molecule has 9 rings (SSSR count). The van der Waals surface area contributed by atoms with Crippen molar-refractivity contribution in [1.29, 1.82) is 10.5 Å². The first-order valence-corrected chi connectivity index (χ1v) is 28.0. The quantitative estimate of drug-likeness (QED) is 0.0655. The van der Waals surface area contributed by atoms with Crippen molar-refractivity contribution in [1.82, 2.24) is 0 Å². The number of nitriles is 2. The van der Waals surface area contributed by atoms with Gasteiger partial charge in [0.2, 0.25) is 17.1 Å². The first-order valence-electron chi connectivity index (χ1n) is 25.6. The molecule has 0 saturated carbocycles. The number of halogens is 11. The van der Waals surface area contributed by atoms with Gasteiger partial charge in [-0.25, -0.2) is 4.58 Å². The molecule has 422 valence electrons. The van der Waals surface area contributed by atoms with Crippen molar-refractivity contribution in [2.24, 2.45) is 0 Å². The summed E-state index contributed by atoms with van der Waals surface area (Å²) in [4.78, 5) is 2.10. The molecule has 19 heteroatoms. The van der Waals surface area contributed by atoms with Crippen LogP contribution < -0.4 is 9.47 Å². The van der Waals surface area contributed by atoms with E-state index in [1.807, 2.05) is 56.6 Å². The molecular formula is C64H52B2Br3F8N5O. The Labute approximate surface area is 503 Å². The zero-order valence-electron chi connectivity index (χ0n) is 44.7. The van der Waals surface area contributed by atoms with Gasteiger partial charge in [0.05, 0.1) is 25.0 Å². The van der Waals surface area contributed by atoms with Crippen LogP contribution in [-0.4, -0.2) is 52.0 Å². The normalized spacial score (nSPS) is 13.1. The Balaban J connectivity index is 0.000000232. The van der Waals surface area contributed by atoms with Gasteiger partial charge in [-0.15, -0.1) is 0 Å². The molecule has 0 radical (unpaired) electrons. The monoisotopic (exact) mass is 1320 g/mol. The summed E-state index contributed by atoms with van der Waals surface area (Å²) in [5.74, 6) is 1.61. The maximum atomic E-state index is 9.75. The average molecular weight is 1320 g/mol. The van der Waals surface area contributed by atoms with E-state index in [2.05, 4.69) is 262 Å². The second-order valence-corrected chi connectivity index (χ2v) is 21.0. The molecule has 0 spiro atoms. The maximum Gasteiger partial charge on any atom is 0.673 e. The third kappa shape index (κ3) is 22.0. The number of nitrogens with zero attached hydrogens (tertiary/aromatic N) is 5. The van der Waals surface area contributed by atoms with Crippen molar-refractivity contribution in [3.63, 3.8) is 0 Å². The molecule has 0 bridgehead atoms. The van der Waals surface area contributed by atoms with Gasteiger partial charge in [0.25, 0.3) is 0 Å². The van der Waals surface area contributed by atoms with E-state index in [4.69, 9.17) is 15.3 Å². The standard InChI is InChI=1S/C35H28Br2N3.C29H24BrN2O.2BF4/c1-39(23-5-22-38)32-19-8-26(9-20-32)10-21-34-24-29(27-11-15-30(36)16-12-27)25-35(28-13-17-31(37)18-14-28)40(34)33-6-3-2-4-7-33;1-32(19-5-18-31)27-15-8-22(9-16-27)10-17-28-20-25(23-11-13-26(30)14-12-23)21-29(33-28)24-6-3-2-4-7-24;2*2-1(3,4)5/h2-4,6-21,24-25H,5,23H2,1H3;2-4,6-17,20-21H,5,19H2,1H3;;/q2*+1;2*-1. The van der Waals surface area contributed by atoms with E-state index in [1.54, 1.807) is 0 Å². The summed E-state index contributed by atoms with van der Waals surface area (Å²) in [6, 6.07) is 63.2. The molecule has 6 nitrogen and oxygen atoms in total. The number of anilines is 1. The molecule has 0 N–H and O–H groups in total. The lowest BCUT2D eigenvalue weighted by molar-refractivity contribution is -0.585. The van der Waals surface area contributed by atoms with E-state index in [9.17, 15) is 34.5 Å². The van der Waals surface area contributed by atoms with Gasteiger partial charge in [-0.2, -0.15) is 15.1 Å². The number of hydrogen-bond donors (Lipinski definition) is 0. The fourth-order valence-electron chi connectivity index (χ4n) is 8.14. The summed E-state index contributed by atoms with van der Waals surface area (Å²) in [5.41, 5.74) is 14.3. The van der Waals surface area contributed by atoms with E-state index < -0.39 is 14.5 Å². The van der Waals surface area contributed by atoms with E-state index in [1.165, 1.54) is 0 Å². The van der Waals surface area contributed by atoms with Gasteiger partial charge >= 0.3 is 14.5 Å². The molecule has 0 atom stereocenters. The van der Waals surface area contributed by atoms with Gasteiger partial charge < -0.3 is 44.2 Å². The molecule has 1 aliphatic carbocycles. The van der Waals surface area contributed by atoms with E-state index in [0.717, 1.165) is 104 Å². The van der Waals surface area contributed by atoms with Crippen LogP contribution in [0.2, 0.25) is 0 Å². The van der Waals surface area contributed by atoms with Crippen molar-refractivity contribution in [3.05, 3.63) is 266 Å². The Hall–Kier alpha value is -8.09. The SMILES string of the molecule is CN(CCC#N)c1ccc(/C=C/c2cc(-c3ccc(Br)cc3)cc(-c3ccc(Br)cc3)[n+]2-c2ccccc2)cc1.C[N+](CCC#N)=C1C=CC(=CC=C2C=C(c3ccc(Br)cc3)C=C(c3ccccc3)O2)C=C1.F[B-](F)(F)F.F[B-](F)(F)F. The van der Waals surface area contributed by atoms with Crippen LogP contribution in [0.3, 0.4) is 0 Å². The highest BCUT2D eigenvalue weighted by atomic mass is 79.9. The Bertz CT molecular complexity index is 3610. The second kappa shape index (κ2) is 31.4. The van der Waals surface area contributed by atoms with Gasteiger partial charge in [-0.3, -0.25) is 0 Å². The fourth-order valence-corrected chi connectivity index (χ4v) is 8.93. The summed E-state index contributed by atoms with van der Waals surface area (Å²) in [6.07, 6.45) is 21.9. The maximum absolute atomic E-state index is 9.75. The summed E-state index contributed by atoms with van der Waals surface area (Å²) in [7, 11) is -7.98. The molecule has 2 heterocycles. The minimum absolute atomic E-state index is 0.507. The molecule has 2 aliphatic rings. The summed E-state index contributed by atoms with van der Waals surface area (Å²) in [6.45, 7) is 1.43. The van der Waals surface area contributed by atoms with Crippen LogP contribution in [-0.2, 0) is 4.74 Å². The lowest BCUT2D eigenvalue weighted by Gasteiger charge is -2.18. The highest BCUT2D eigenvalue weighted by Gasteiger charge is 2.24. The van der Waals surface area contributed by atoms with Gasteiger partial charge in [0.15, 0.2) is 12.3 Å². The first kappa shape index (κ1) is 64.1. The topological polar surface area (TPSA) is 66.9 Å². The van der Waals surface area contributed by atoms with E-state index in [-0.39, 0.29) is 0 Å². The molecule has 7 aromatic rings. The largest absolute Gasteiger partial charge is 0.673 e. The van der Waals surface area contributed by atoms with Crippen LogP contribution in [0.25, 0.3) is 51.6 Å². The number of rotatable bonds is 13. The number of aromatic nitrogens is 1. The minimum atomic E-state index is -6.00. The number of benzene rings is 6. The lowest BCUT2D eigenvalue weighted by Crippen LogP contribution is -2.37. The van der Waals surface area contributed by atoms with E-state index in [0.29, 0.717) is 19.4 Å². The number of hydrogen-bond acceptors (Lipinski definition) is 4. The van der Waals surface area contributed by atoms with Crippen LogP contribution >= 0.6 is 47.8 Å². The highest BCUT2D eigenvalue weighted by molar-refractivity contribution is 9.11. The molecule has 6 aromatic carbocycles. The third-order valence-electron chi connectivity index (χ3n) is 12.1. The van der Waals surface area contributed by atoms with Crippen molar-refractivity contribution in [3.8, 4) is 40.2 Å². The van der Waals surface area contributed by atoms with Crippen LogP contribution in [0, 0.1) is 22.7 Å². The average Bonchev–Trinajstić information content (AvgIpc) is 3.19. The third-order valence-corrected chi connectivity index (χ3v) is 13.7. The summed E-state index contributed by atoms with van der Waals surface area (Å²) in [5, 5.41) is 17.7. The first-order chi connectivity index (χ1) is 39.6. The van der Waals surface area contributed by atoms with Crippen molar-refractivity contribution < 1.29 is 48.4 Å². The van der Waals surface area contributed by atoms with Crippen molar-refractivity contribution >= 4 is 97.2 Å². The second-order valence-electron chi connectivity index (χ2n) is 18.2. The number of allylic oxidation sites excluding steroid dienone is 10. The van der Waals surface area contributed by atoms with Crippen LogP contribution in [0.5, 0.6) is 0 Å². The van der Waals surface area contributed by atoms with Gasteiger partial charge in [0, 0.05) is 86.3 Å². The zero-order valence-corrected chi connectivity index (χ0v) is 49.5. The smallest absolute Gasteiger partial charge is 0.457 e. The Morgan fingerprint density at radius 2 is 1.08 bits per heavy atom. The molecule has 0 amide bonds. The van der Waals surface area contributed by atoms with Gasteiger partial charge in [0.1, 0.15) is 18.6 Å². The minimum Gasteiger partial charge on any atom is -0.457 e. The van der Waals surface area contributed by atoms with Crippen molar-refractivity contribution in [2.45, 2.75) is 12.8 Å². The molecule has 0 unspecified atom stereocenters. The molecule has 0 fully saturated rings. The fraction of sp³-hybridized carbons (Fsp3) is 0.0938. The van der Waals surface area contributed by atoms with Crippen LogP contribution in [0.1, 0.15) is 35.2 Å². The molecule has 1 aromatic heterocycles. The van der Waals surface area contributed by atoms with Crippen LogP contribution in [0.15, 0.2) is 243 Å². The molecule has 0 saturated heterocycles.